The zero-order valence-corrected chi connectivity index (χ0v) is 20.2. The number of likely N-dealkylation sites (tertiary alicyclic amines) is 1. The van der Waals surface area contributed by atoms with Gasteiger partial charge in [-0.1, -0.05) is 57.2 Å². The number of carboxylic acids is 1. The van der Waals surface area contributed by atoms with Crippen molar-refractivity contribution in [2.75, 3.05) is 19.6 Å². The van der Waals surface area contributed by atoms with Gasteiger partial charge in [0, 0.05) is 24.5 Å². The summed E-state index contributed by atoms with van der Waals surface area (Å²) in [6.45, 7) is 8.09. The van der Waals surface area contributed by atoms with Gasteiger partial charge < -0.3 is 10.2 Å². The summed E-state index contributed by atoms with van der Waals surface area (Å²) in [4.78, 5) is 11.4. The van der Waals surface area contributed by atoms with Crippen LogP contribution in [0.4, 0.5) is 13.2 Å². The predicted octanol–water partition coefficient (Wildman–Crippen LogP) is 3.62. The van der Waals surface area contributed by atoms with Crippen LogP contribution in [0.1, 0.15) is 33.6 Å². The predicted molar refractivity (Wildman–Crippen MR) is 123 cm³/mol. The molecule has 0 amide bonds. The quantitative estimate of drug-likeness (QED) is 0.555. The van der Waals surface area contributed by atoms with Crippen LogP contribution < -0.4 is 4.72 Å². The number of carbonyl (C=O) groups is 1. The minimum atomic E-state index is -5.08. The second kappa shape index (κ2) is 11.0. The van der Waals surface area contributed by atoms with Crippen molar-refractivity contribution in [2.24, 2.45) is 5.41 Å². The van der Waals surface area contributed by atoms with Gasteiger partial charge in [0.2, 0.25) is 10.0 Å². The minimum Gasteiger partial charge on any atom is -0.475 e. The van der Waals surface area contributed by atoms with Crippen LogP contribution in [0.5, 0.6) is 0 Å². The fourth-order valence-electron chi connectivity index (χ4n) is 4.07. The molecule has 3 rings (SSSR count). The molecule has 1 aliphatic rings. The number of carboxylic acid groups (broad SMARTS) is 1. The maximum Gasteiger partial charge on any atom is 0.490 e. The van der Waals surface area contributed by atoms with E-state index in [-0.39, 0.29) is 16.9 Å². The first-order valence-electron chi connectivity index (χ1n) is 10.8. The number of benzene rings is 2. The lowest BCUT2D eigenvalue weighted by atomic mass is 9.85. The Kier molecular flexibility index (Phi) is 9.09. The number of fused-ring (bicyclic) bond motifs is 1. The van der Waals surface area contributed by atoms with Gasteiger partial charge in [0.15, 0.2) is 0 Å². The highest BCUT2D eigenvalue weighted by atomic mass is 32.2. The molecule has 0 aromatic heterocycles. The molecule has 0 aliphatic carbocycles. The van der Waals surface area contributed by atoms with Gasteiger partial charge in [0.05, 0.1) is 11.0 Å². The van der Waals surface area contributed by atoms with Gasteiger partial charge in [-0.3, -0.25) is 4.90 Å². The molecule has 0 spiro atoms. The van der Waals surface area contributed by atoms with Crippen molar-refractivity contribution in [3.05, 3.63) is 42.5 Å². The summed E-state index contributed by atoms with van der Waals surface area (Å²) in [5, 5.41) is 19.1. The molecule has 0 saturated carbocycles. The fourth-order valence-corrected chi connectivity index (χ4v) is 5.37. The van der Waals surface area contributed by atoms with E-state index in [0.717, 1.165) is 24.8 Å². The SMILES string of the molecule is CC(C)(C)C1CCCN1C[C@@H](O)CNS(=O)(=O)c1cccc2ccccc12.O=C(O)C(F)(F)F. The normalized spacial score (nSPS) is 18.4. The van der Waals surface area contributed by atoms with Crippen molar-refractivity contribution in [3.8, 4) is 0 Å². The Morgan fingerprint density at radius 3 is 2.32 bits per heavy atom. The molecule has 0 radical (unpaired) electrons. The van der Waals surface area contributed by atoms with Crippen molar-refractivity contribution in [2.45, 2.75) is 56.8 Å². The Balaban J connectivity index is 0.000000509. The molecular weight excluding hydrogens is 473 g/mol. The van der Waals surface area contributed by atoms with Gasteiger partial charge in [-0.25, -0.2) is 17.9 Å². The Bertz CT molecular complexity index is 1080. The third-order valence-electron chi connectivity index (χ3n) is 5.60. The third kappa shape index (κ3) is 7.66. The first-order valence-corrected chi connectivity index (χ1v) is 12.3. The van der Waals surface area contributed by atoms with Crippen LogP contribution in [0, 0.1) is 5.41 Å². The van der Waals surface area contributed by atoms with Crippen LogP contribution in [0.15, 0.2) is 47.4 Å². The Morgan fingerprint density at radius 1 is 1.15 bits per heavy atom. The van der Waals surface area contributed by atoms with Crippen molar-refractivity contribution >= 4 is 26.8 Å². The van der Waals surface area contributed by atoms with Crippen LogP contribution in [-0.4, -0.2) is 67.5 Å². The Labute approximate surface area is 197 Å². The highest BCUT2D eigenvalue weighted by Crippen LogP contribution is 2.32. The number of aliphatic carboxylic acids is 1. The van der Waals surface area contributed by atoms with Gasteiger partial charge >= 0.3 is 12.1 Å². The Hall–Kier alpha value is -2.21. The molecule has 11 heteroatoms. The van der Waals surface area contributed by atoms with E-state index in [1.165, 1.54) is 0 Å². The summed E-state index contributed by atoms with van der Waals surface area (Å²) in [6.07, 6.45) is -3.58. The van der Waals surface area contributed by atoms with E-state index in [2.05, 4.69) is 30.4 Å². The number of hydrogen-bond acceptors (Lipinski definition) is 5. The van der Waals surface area contributed by atoms with Gasteiger partial charge in [0.1, 0.15) is 0 Å². The maximum absolute atomic E-state index is 12.8. The van der Waals surface area contributed by atoms with E-state index in [1.54, 1.807) is 18.2 Å². The zero-order chi connectivity index (χ0) is 25.7. The van der Waals surface area contributed by atoms with Crippen LogP contribution in [-0.2, 0) is 14.8 Å². The molecule has 190 valence electrons. The summed E-state index contributed by atoms with van der Waals surface area (Å²) < 4.78 is 59.9. The molecule has 1 saturated heterocycles. The summed E-state index contributed by atoms with van der Waals surface area (Å²) in [5.74, 6) is -2.76. The van der Waals surface area contributed by atoms with Crippen molar-refractivity contribution in [1.82, 2.24) is 9.62 Å². The van der Waals surface area contributed by atoms with Crippen molar-refractivity contribution in [1.29, 1.82) is 0 Å². The van der Waals surface area contributed by atoms with E-state index in [0.29, 0.717) is 18.0 Å². The largest absolute Gasteiger partial charge is 0.490 e. The number of sulfonamides is 1. The maximum atomic E-state index is 12.8. The lowest BCUT2D eigenvalue weighted by Crippen LogP contribution is -2.45. The van der Waals surface area contributed by atoms with Crippen LogP contribution >= 0.6 is 0 Å². The number of halogens is 3. The molecule has 1 fully saturated rings. The van der Waals surface area contributed by atoms with E-state index >= 15 is 0 Å². The number of nitrogens with one attached hydrogen (secondary N) is 1. The Morgan fingerprint density at radius 2 is 1.74 bits per heavy atom. The molecule has 2 atom stereocenters. The summed E-state index contributed by atoms with van der Waals surface area (Å²) in [7, 11) is -3.69. The number of rotatable bonds is 6. The number of aliphatic hydroxyl groups excluding tert-OH is 1. The number of alkyl halides is 3. The summed E-state index contributed by atoms with van der Waals surface area (Å²) in [6, 6.07) is 13.1. The second-order valence-electron chi connectivity index (χ2n) is 9.30. The molecule has 3 N–H and O–H groups in total. The smallest absolute Gasteiger partial charge is 0.475 e. The molecule has 1 aliphatic heterocycles. The van der Waals surface area contributed by atoms with Gasteiger partial charge in [-0.05, 0) is 36.3 Å². The average molecular weight is 505 g/mol. The molecule has 1 unspecified atom stereocenters. The topological polar surface area (TPSA) is 107 Å². The van der Waals surface area contributed by atoms with Gasteiger partial charge in [-0.15, -0.1) is 0 Å². The van der Waals surface area contributed by atoms with Gasteiger partial charge in [-0.2, -0.15) is 13.2 Å². The molecule has 2 aromatic rings. The van der Waals surface area contributed by atoms with E-state index < -0.39 is 28.3 Å². The zero-order valence-electron chi connectivity index (χ0n) is 19.3. The molecular formula is C23H31F3N2O5S. The van der Waals surface area contributed by atoms with Crippen molar-refractivity contribution < 1.29 is 36.6 Å². The lowest BCUT2D eigenvalue weighted by molar-refractivity contribution is -0.192. The third-order valence-corrected chi connectivity index (χ3v) is 7.08. The average Bonchev–Trinajstić information content (AvgIpc) is 3.20. The minimum absolute atomic E-state index is 0.0128. The number of β-amino-alcohol motifs (C(OH)–C–C–N with tert-alkyl or cyclic N) is 1. The van der Waals surface area contributed by atoms with E-state index in [9.17, 15) is 26.7 Å². The van der Waals surface area contributed by atoms with E-state index in [4.69, 9.17) is 9.90 Å². The number of hydrogen-bond donors (Lipinski definition) is 3. The van der Waals surface area contributed by atoms with Crippen LogP contribution in [0.25, 0.3) is 10.8 Å². The lowest BCUT2D eigenvalue weighted by Gasteiger charge is -2.36. The molecule has 2 aromatic carbocycles. The monoisotopic (exact) mass is 504 g/mol. The molecule has 1 heterocycles. The number of nitrogens with zero attached hydrogens (tertiary/aromatic N) is 1. The van der Waals surface area contributed by atoms with Crippen LogP contribution in [0.3, 0.4) is 0 Å². The number of aliphatic hydroxyl groups is 1. The van der Waals surface area contributed by atoms with E-state index in [1.807, 2.05) is 24.3 Å². The first kappa shape index (κ1) is 28.0. The molecule has 34 heavy (non-hydrogen) atoms. The standard InChI is InChI=1S/C21H30N2O3S.C2HF3O2/c1-21(2,3)20-12-7-13-23(20)15-17(24)14-22-27(25,26)19-11-6-9-16-8-4-5-10-18(16)19;3-2(4,5)1(6)7/h4-6,8-11,17,20,22,24H,7,12-15H2,1-3H3;(H,6,7)/t17-,20?;/m0./s1. The second-order valence-corrected chi connectivity index (χ2v) is 11.0. The first-order chi connectivity index (χ1) is 15.6. The van der Waals surface area contributed by atoms with Crippen molar-refractivity contribution in [3.63, 3.8) is 0 Å². The van der Waals surface area contributed by atoms with Crippen LogP contribution in [0.2, 0.25) is 0 Å². The molecule has 7 nitrogen and oxygen atoms in total. The summed E-state index contributed by atoms with van der Waals surface area (Å²) in [5.41, 5.74) is 0.151. The van der Waals surface area contributed by atoms with Gasteiger partial charge in [0.25, 0.3) is 0 Å². The fraction of sp³-hybridized carbons (Fsp3) is 0.522. The summed E-state index contributed by atoms with van der Waals surface area (Å²) >= 11 is 0. The molecule has 0 bridgehead atoms. The highest BCUT2D eigenvalue weighted by Gasteiger charge is 2.38. The highest BCUT2D eigenvalue weighted by molar-refractivity contribution is 7.89.